The Morgan fingerprint density at radius 1 is 0.935 bits per heavy atom. The molecule has 4 N–H and O–H groups in total. The van der Waals surface area contributed by atoms with Crippen LogP contribution < -0.4 is 16.0 Å². The number of aromatic amines is 1. The number of carbonyl (C=O) groups excluding carboxylic acids is 3. The number of ether oxygens (including phenoxy) is 1. The van der Waals surface area contributed by atoms with Gasteiger partial charge in [0.25, 0.3) is 5.91 Å². The highest BCUT2D eigenvalue weighted by Gasteiger charge is 2.17. The SMILES string of the molecule is COCCCNC(=O)c1ccccc1NC(=O)C(=O)NCCc1c[nH]c2ccccc12. The first kappa shape index (κ1) is 22.0. The molecule has 0 bridgehead atoms. The number of H-pyrrole nitrogens is 1. The third-order valence-corrected chi connectivity index (χ3v) is 4.79. The maximum Gasteiger partial charge on any atom is 0.313 e. The minimum absolute atomic E-state index is 0.281. The van der Waals surface area contributed by atoms with Gasteiger partial charge in [-0.25, -0.2) is 0 Å². The van der Waals surface area contributed by atoms with Crippen LogP contribution in [0.15, 0.2) is 54.7 Å². The molecule has 31 heavy (non-hydrogen) atoms. The largest absolute Gasteiger partial charge is 0.385 e. The maximum atomic E-state index is 12.4. The summed E-state index contributed by atoms with van der Waals surface area (Å²) in [5, 5.41) is 9.00. The summed E-state index contributed by atoms with van der Waals surface area (Å²) in [6.07, 6.45) is 3.16. The molecule has 0 unspecified atom stereocenters. The van der Waals surface area contributed by atoms with Crippen molar-refractivity contribution in [2.24, 2.45) is 0 Å². The average Bonchev–Trinajstić information content (AvgIpc) is 3.20. The van der Waals surface area contributed by atoms with E-state index in [4.69, 9.17) is 4.74 Å². The monoisotopic (exact) mass is 422 g/mol. The van der Waals surface area contributed by atoms with Crippen molar-refractivity contribution in [3.05, 3.63) is 65.9 Å². The molecular formula is C23H26N4O4. The van der Waals surface area contributed by atoms with Crippen LogP contribution in [0.3, 0.4) is 0 Å². The number of para-hydroxylation sites is 2. The van der Waals surface area contributed by atoms with Crippen LogP contribution in [0.4, 0.5) is 5.69 Å². The standard InChI is InChI=1S/C23H26N4O4/c1-31-14-6-12-24-21(28)18-8-3-5-10-20(18)27-23(30)22(29)25-13-11-16-15-26-19-9-4-2-7-17(16)19/h2-5,7-10,15,26H,6,11-14H2,1H3,(H,24,28)(H,25,29)(H,27,30). The van der Waals surface area contributed by atoms with E-state index in [1.807, 2.05) is 30.5 Å². The molecular weight excluding hydrogens is 396 g/mol. The van der Waals surface area contributed by atoms with Gasteiger partial charge in [-0.2, -0.15) is 0 Å². The van der Waals surface area contributed by atoms with E-state index in [0.29, 0.717) is 38.1 Å². The van der Waals surface area contributed by atoms with E-state index in [9.17, 15) is 14.4 Å². The van der Waals surface area contributed by atoms with Crippen molar-refractivity contribution in [2.45, 2.75) is 12.8 Å². The quantitative estimate of drug-likeness (QED) is 0.313. The molecule has 3 rings (SSSR count). The molecule has 0 saturated carbocycles. The van der Waals surface area contributed by atoms with Crippen molar-refractivity contribution < 1.29 is 19.1 Å². The topological polar surface area (TPSA) is 112 Å². The van der Waals surface area contributed by atoms with Gasteiger partial charge in [0.05, 0.1) is 11.3 Å². The first-order valence-electron chi connectivity index (χ1n) is 10.1. The lowest BCUT2D eigenvalue weighted by Gasteiger charge is -2.11. The van der Waals surface area contributed by atoms with Crippen LogP contribution in [0.5, 0.6) is 0 Å². The number of nitrogens with one attached hydrogen (secondary N) is 4. The number of carbonyl (C=O) groups is 3. The number of hydrogen-bond donors (Lipinski definition) is 4. The van der Waals surface area contributed by atoms with Crippen molar-refractivity contribution in [1.82, 2.24) is 15.6 Å². The summed E-state index contributed by atoms with van der Waals surface area (Å²) >= 11 is 0. The number of hydrogen-bond acceptors (Lipinski definition) is 4. The fourth-order valence-corrected chi connectivity index (χ4v) is 3.21. The molecule has 8 heteroatoms. The smallest absolute Gasteiger partial charge is 0.313 e. The fraction of sp³-hybridized carbons (Fsp3) is 0.261. The molecule has 0 radical (unpaired) electrons. The number of rotatable bonds is 9. The van der Waals surface area contributed by atoms with E-state index >= 15 is 0 Å². The third kappa shape index (κ3) is 5.93. The Morgan fingerprint density at radius 3 is 2.55 bits per heavy atom. The number of fused-ring (bicyclic) bond motifs is 1. The predicted molar refractivity (Wildman–Crippen MR) is 119 cm³/mol. The zero-order valence-corrected chi connectivity index (χ0v) is 17.4. The van der Waals surface area contributed by atoms with E-state index in [-0.39, 0.29) is 11.6 Å². The van der Waals surface area contributed by atoms with Gasteiger partial charge in [-0.1, -0.05) is 30.3 Å². The fourth-order valence-electron chi connectivity index (χ4n) is 3.21. The number of benzene rings is 2. The van der Waals surface area contributed by atoms with Gasteiger partial charge >= 0.3 is 11.8 Å². The highest BCUT2D eigenvalue weighted by molar-refractivity contribution is 6.40. The van der Waals surface area contributed by atoms with E-state index < -0.39 is 11.8 Å². The van der Waals surface area contributed by atoms with Crippen molar-refractivity contribution in [1.29, 1.82) is 0 Å². The molecule has 0 aliphatic carbocycles. The van der Waals surface area contributed by atoms with Crippen LogP contribution in [0.1, 0.15) is 22.3 Å². The molecule has 2 aromatic carbocycles. The van der Waals surface area contributed by atoms with Crippen molar-refractivity contribution in [3.8, 4) is 0 Å². The molecule has 8 nitrogen and oxygen atoms in total. The zero-order valence-electron chi connectivity index (χ0n) is 17.4. The van der Waals surface area contributed by atoms with Gasteiger partial charge in [-0.15, -0.1) is 0 Å². The Morgan fingerprint density at radius 2 is 1.71 bits per heavy atom. The Bertz CT molecular complexity index is 1060. The second kappa shape index (κ2) is 10.9. The summed E-state index contributed by atoms with van der Waals surface area (Å²) in [6.45, 7) is 1.30. The van der Waals surface area contributed by atoms with Crippen LogP contribution in [0, 0.1) is 0 Å². The second-order valence-corrected chi connectivity index (χ2v) is 6.97. The molecule has 162 valence electrons. The number of methoxy groups -OCH3 is 1. The van der Waals surface area contributed by atoms with Gasteiger partial charge in [-0.3, -0.25) is 14.4 Å². The zero-order chi connectivity index (χ0) is 22.1. The van der Waals surface area contributed by atoms with Crippen molar-refractivity contribution in [2.75, 3.05) is 32.1 Å². The molecule has 0 fully saturated rings. The van der Waals surface area contributed by atoms with E-state index in [2.05, 4.69) is 20.9 Å². The molecule has 3 aromatic rings. The lowest BCUT2D eigenvalue weighted by atomic mass is 10.1. The minimum atomic E-state index is -0.821. The number of aromatic nitrogens is 1. The van der Waals surface area contributed by atoms with Crippen LogP contribution >= 0.6 is 0 Å². The van der Waals surface area contributed by atoms with Crippen LogP contribution in [0.25, 0.3) is 10.9 Å². The van der Waals surface area contributed by atoms with Crippen LogP contribution in [-0.4, -0.2) is 49.5 Å². The molecule has 0 spiro atoms. The minimum Gasteiger partial charge on any atom is -0.385 e. The summed E-state index contributed by atoms with van der Waals surface area (Å²) in [6, 6.07) is 14.5. The van der Waals surface area contributed by atoms with Gasteiger partial charge in [0.2, 0.25) is 0 Å². The Hall–Kier alpha value is -3.65. The Kier molecular flexibility index (Phi) is 7.78. The molecule has 0 saturated heterocycles. The molecule has 0 atom stereocenters. The predicted octanol–water partition coefficient (Wildman–Crippen LogP) is 2.23. The van der Waals surface area contributed by atoms with Gasteiger partial charge in [0.15, 0.2) is 0 Å². The lowest BCUT2D eigenvalue weighted by Crippen LogP contribution is -2.37. The van der Waals surface area contributed by atoms with Gasteiger partial charge in [-0.05, 0) is 36.6 Å². The summed E-state index contributed by atoms with van der Waals surface area (Å²) < 4.78 is 4.95. The van der Waals surface area contributed by atoms with Crippen LogP contribution in [0.2, 0.25) is 0 Å². The highest BCUT2D eigenvalue weighted by Crippen LogP contribution is 2.18. The van der Waals surface area contributed by atoms with Crippen LogP contribution in [-0.2, 0) is 20.7 Å². The van der Waals surface area contributed by atoms with Gasteiger partial charge in [0, 0.05) is 43.9 Å². The number of anilines is 1. The molecule has 1 aromatic heterocycles. The van der Waals surface area contributed by atoms with E-state index in [1.165, 1.54) is 0 Å². The second-order valence-electron chi connectivity index (χ2n) is 6.97. The van der Waals surface area contributed by atoms with Gasteiger partial charge in [0.1, 0.15) is 0 Å². The maximum absolute atomic E-state index is 12.4. The van der Waals surface area contributed by atoms with Crippen molar-refractivity contribution in [3.63, 3.8) is 0 Å². The molecule has 3 amide bonds. The molecule has 0 aliphatic rings. The highest BCUT2D eigenvalue weighted by atomic mass is 16.5. The molecule has 1 heterocycles. The van der Waals surface area contributed by atoms with E-state index in [0.717, 1.165) is 16.5 Å². The average molecular weight is 422 g/mol. The first-order valence-corrected chi connectivity index (χ1v) is 10.1. The third-order valence-electron chi connectivity index (χ3n) is 4.79. The number of amides is 3. The van der Waals surface area contributed by atoms with Crippen molar-refractivity contribution >= 4 is 34.3 Å². The van der Waals surface area contributed by atoms with E-state index in [1.54, 1.807) is 31.4 Å². The van der Waals surface area contributed by atoms with Gasteiger partial charge < -0.3 is 25.7 Å². The first-order chi connectivity index (χ1) is 15.1. The summed E-state index contributed by atoms with van der Waals surface area (Å²) in [7, 11) is 1.60. The summed E-state index contributed by atoms with van der Waals surface area (Å²) in [5.41, 5.74) is 2.66. The normalized spacial score (nSPS) is 10.6. The summed E-state index contributed by atoms with van der Waals surface area (Å²) in [5.74, 6) is -1.90. The Labute approximate surface area is 180 Å². The summed E-state index contributed by atoms with van der Waals surface area (Å²) in [4.78, 5) is 40.1. The molecule has 0 aliphatic heterocycles. The Balaban J connectivity index is 1.52. The lowest BCUT2D eigenvalue weighted by molar-refractivity contribution is -0.136.